The average Bonchev–Trinajstić information content (AvgIpc) is 2.51. The Kier molecular flexibility index (Phi) is 7.52. The molecule has 2 amide bonds. The van der Waals surface area contributed by atoms with Crippen molar-refractivity contribution >= 4 is 35.6 Å². The number of nitrogens with one attached hydrogen (secondary N) is 3. The second-order valence-corrected chi connectivity index (χ2v) is 6.21. The predicted octanol–water partition coefficient (Wildman–Crippen LogP) is 2.95. The van der Waals surface area contributed by atoms with Crippen LogP contribution in [0.1, 0.15) is 32.3 Å². The van der Waals surface area contributed by atoms with Gasteiger partial charge in [-0.1, -0.05) is 19.9 Å². The number of carbonyl (C=O) groups excluding carboxylic acids is 2. The fourth-order valence-corrected chi connectivity index (χ4v) is 2.43. The van der Waals surface area contributed by atoms with Crippen LogP contribution in [0, 0.1) is 18.8 Å². The van der Waals surface area contributed by atoms with E-state index in [0.29, 0.717) is 5.69 Å². The number of carbonyl (C=O) groups is 2. The Morgan fingerprint density at radius 2 is 2.00 bits per heavy atom. The molecular weight excluding hydrogens is 314 g/mol. The molecule has 0 saturated carbocycles. The van der Waals surface area contributed by atoms with Gasteiger partial charge in [0.1, 0.15) is 0 Å². The fourth-order valence-electron chi connectivity index (χ4n) is 2.43. The van der Waals surface area contributed by atoms with Crippen molar-refractivity contribution in [2.75, 3.05) is 23.7 Å². The molecular formula is C17H26ClN3O2. The SMILES string of the molecule is Cc1ccc(NC(=O)C(C)C)cc1NC(=O)C1CCCNC1.Cl. The van der Waals surface area contributed by atoms with Crippen LogP contribution >= 0.6 is 12.4 Å². The minimum absolute atomic E-state index is 0. The molecule has 1 heterocycles. The number of amides is 2. The molecule has 0 radical (unpaired) electrons. The van der Waals surface area contributed by atoms with E-state index in [-0.39, 0.29) is 36.1 Å². The second kappa shape index (κ2) is 8.89. The predicted molar refractivity (Wildman–Crippen MR) is 96.1 cm³/mol. The lowest BCUT2D eigenvalue weighted by Gasteiger charge is -2.22. The maximum absolute atomic E-state index is 12.3. The number of hydrogen-bond acceptors (Lipinski definition) is 3. The second-order valence-electron chi connectivity index (χ2n) is 6.21. The van der Waals surface area contributed by atoms with Crippen LogP contribution in [0.4, 0.5) is 11.4 Å². The Balaban J connectivity index is 0.00000264. The summed E-state index contributed by atoms with van der Waals surface area (Å²) in [6.45, 7) is 7.36. The molecule has 5 nitrogen and oxygen atoms in total. The molecule has 1 aromatic carbocycles. The lowest BCUT2D eigenvalue weighted by molar-refractivity contribution is -0.120. The van der Waals surface area contributed by atoms with Crippen LogP contribution in [0.5, 0.6) is 0 Å². The summed E-state index contributed by atoms with van der Waals surface area (Å²) < 4.78 is 0. The van der Waals surface area contributed by atoms with E-state index in [1.807, 2.05) is 39.0 Å². The molecule has 1 fully saturated rings. The summed E-state index contributed by atoms with van der Waals surface area (Å²) in [4.78, 5) is 24.1. The van der Waals surface area contributed by atoms with Crippen LogP contribution in [0.15, 0.2) is 18.2 Å². The first kappa shape index (κ1) is 19.5. The molecule has 0 aliphatic carbocycles. The molecule has 128 valence electrons. The molecule has 1 unspecified atom stereocenters. The van der Waals surface area contributed by atoms with E-state index < -0.39 is 0 Å². The Hall–Kier alpha value is -1.59. The highest BCUT2D eigenvalue weighted by atomic mass is 35.5. The van der Waals surface area contributed by atoms with Crippen molar-refractivity contribution in [3.05, 3.63) is 23.8 Å². The molecule has 0 bridgehead atoms. The summed E-state index contributed by atoms with van der Waals surface area (Å²) in [6.07, 6.45) is 1.95. The number of rotatable bonds is 4. The minimum Gasteiger partial charge on any atom is -0.326 e. The number of hydrogen-bond donors (Lipinski definition) is 3. The monoisotopic (exact) mass is 339 g/mol. The van der Waals surface area contributed by atoms with Gasteiger partial charge < -0.3 is 16.0 Å². The number of aryl methyl sites for hydroxylation is 1. The largest absolute Gasteiger partial charge is 0.326 e. The van der Waals surface area contributed by atoms with Crippen molar-refractivity contribution in [2.24, 2.45) is 11.8 Å². The van der Waals surface area contributed by atoms with Gasteiger partial charge in [0.05, 0.1) is 5.92 Å². The molecule has 1 aliphatic rings. The number of halogens is 1. The van der Waals surface area contributed by atoms with Crippen molar-refractivity contribution < 1.29 is 9.59 Å². The smallest absolute Gasteiger partial charge is 0.228 e. The highest BCUT2D eigenvalue weighted by Gasteiger charge is 2.21. The van der Waals surface area contributed by atoms with Gasteiger partial charge in [0.15, 0.2) is 0 Å². The van der Waals surface area contributed by atoms with E-state index >= 15 is 0 Å². The van der Waals surface area contributed by atoms with E-state index in [9.17, 15) is 9.59 Å². The molecule has 6 heteroatoms. The Bertz CT molecular complexity index is 555. The van der Waals surface area contributed by atoms with Gasteiger partial charge in [-0.05, 0) is 44.0 Å². The summed E-state index contributed by atoms with van der Waals surface area (Å²) in [5.74, 6) is -0.0463. The van der Waals surface area contributed by atoms with Gasteiger partial charge >= 0.3 is 0 Å². The van der Waals surface area contributed by atoms with E-state index in [1.165, 1.54) is 0 Å². The summed E-state index contributed by atoms with van der Waals surface area (Å²) in [6, 6.07) is 5.59. The summed E-state index contributed by atoms with van der Waals surface area (Å²) in [5.41, 5.74) is 2.46. The van der Waals surface area contributed by atoms with E-state index in [0.717, 1.165) is 37.2 Å². The van der Waals surface area contributed by atoms with Gasteiger partial charge in [0, 0.05) is 23.8 Å². The third kappa shape index (κ3) is 5.52. The van der Waals surface area contributed by atoms with Gasteiger partial charge in [0.2, 0.25) is 11.8 Å². The highest BCUT2D eigenvalue weighted by molar-refractivity contribution is 5.96. The van der Waals surface area contributed by atoms with Crippen molar-refractivity contribution in [3.63, 3.8) is 0 Å². The van der Waals surface area contributed by atoms with E-state index in [4.69, 9.17) is 0 Å². The number of piperidine rings is 1. The maximum Gasteiger partial charge on any atom is 0.228 e. The van der Waals surface area contributed by atoms with Crippen LogP contribution in [0.2, 0.25) is 0 Å². The molecule has 0 spiro atoms. The molecule has 0 aromatic heterocycles. The van der Waals surface area contributed by atoms with Gasteiger partial charge in [-0.3, -0.25) is 9.59 Å². The van der Waals surface area contributed by atoms with Crippen LogP contribution < -0.4 is 16.0 Å². The van der Waals surface area contributed by atoms with Crippen LogP contribution in [0.25, 0.3) is 0 Å². The standard InChI is InChI=1S/C17H25N3O2.ClH/c1-11(2)16(21)19-14-7-6-12(3)15(9-14)20-17(22)13-5-4-8-18-10-13;/h6-7,9,11,13,18H,4-5,8,10H2,1-3H3,(H,19,21)(H,20,22);1H. The highest BCUT2D eigenvalue weighted by Crippen LogP contribution is 2.22. The van der Waals surface area contributed by atoms with Crippen LogP contribution in [0.3, 0.4) is 0 Å². The molecule has 3 N–H and O–H groups in total. The van der Waals surface area contributed by atoms with Gasteiger partial charge in [-0.25, -0.2) is 0 Å². The zero-order valence-corrected chi connectivity index (χ0v) is 14.8. The molecule has 1 aromatic rings. The lowest BCUT2D eigenvalue weighted by Crippen LogP contribution is -2.37. The van der Waals surface area contributed by atoms with E-state index in [1.54, 1.807) is 0 Å². The molecule has 1 atom stereocenters. The zero-order chi connectivity index (χ0) is 16.1. The first-order valence-electron chi connectivity index (χ1n) is 7.90. The number of benzene rings is 1. The first-order valence-corrected chi connectivity index (χ1v) is 7.90. The Morgan fingerprint density at radius 1 is 1.26 bits per heavy atom. The third-order valence-corrected chi connectivity index (χ3v) is 3.96. The van der Waals surface area contributed by atoms with E-state index in [2.05, 4.69) is 16.0 Å². The quantitative estimate of drug-likeness (QED) is 0.789. The van der Waals surface area contributed by atoms with Crippen molar-refractivity contribution in [3.8, 4) is 0 Å². The van der Waals surface area contributed by atoms with Crippen molar-refractivity contribution in [2.45, 2.75) is 33.6 Å². The first-order chi connectivity index (χ1) is 10.5. The molecule has 23 heavy (non-hydrogen) atoms. The third-order valence-electron chi connectivity index (χ3n) is 3.96. The lowest BCUT2D eigenvalue weighted by atomic mass is 9.98. The summed E-state index contributed by atoms with van der Waals surface area (Å²) in [5, 5.41) is 9.10. The van der Waals surface area contributed by atoms with Crippen LogP contribution in [-0.2, 0) is 9.59 Å². The zero-order valence-electron chi connectivity index (χ0n) is 13.9. The Labute approximate surface area is 144 Å². The summed E-state index contributed by atoms with van der Waals surface area (Å²) in [7, 11) is 0. The molecule has 1 saturated heterocycles. The van der Waals surface area contributed by atoms with Crippen LogP contribution in [-0.4, -0.2) is 24.9 Å². The van der Waals surface area contributed by atoms with Gasteiger partial charge in [-0.15, -0.1) is 12.4 Å². The molecule has 1 aliphatic heterocycles. The number of anilines is 2. The van der Waals surface area contributed by atoms with Gasteiger partial charge in [0.25, 0.3) is 0 Å². The topological polar surface area (TPSA) is 70.2 Å². The Morgan fingerprint density at radius 3 is 2.61 bits per heavy atom. The molecule has 2 rings (SSSR count). The van der Waals surface area contributed by atoms with Gasteiger partial charge in [-0.2, -0.15) is 0 Å². The summed E-state index contributed by atoms with van der Waals surface area (Å²) >= 11 is 0. The fraction of sp³-hybridized carbons (Fsp3) is 0.529. The average molecular weight is 340 g/mol. The minimum atomic E-state index is -0.0762. The van der Waals surface area contributed by atoms with Crippen molar-refractivity contribution in [1.82, 2.24) is 5.32 Å². The normalized spacial score (nSPS) is 17.3. The maximum atomic E-state index is 12.3. The van der Waals surface area contributed by atoms with Crippen molar-refractivity contribution in [1.29, 1.82) is 0 Å².